The Morgan fingerprint density at radius 2 is 2.14 bits per heavy atom. The first-order valence-corrected chi connectivity index (χ1v) is 11.7. The number of hydrogen-bond acceptors (Lipinski definition) is 6. The van der Waals surface area contributed by atoms with Crippen LogP contribution in [0.5, 0.6) is 0 Å². The van der Waals surface area contributed by atoms with Crippen molar-refractivity contribution < 1.29 is 0 Å². The molecule has 1 saturated heterocycles. The van der Waals surface area contributed by atoms with E-state index in [0.29, 0.717) is 12.0 Å². The zero-order valence-corrected chi connectivity index (χ0v) is 17.4. The van der Waals surface area contributed by atoms with Gasteiger partial charge in [-0.3, -0.25) is 0 Å². The third-order valence-electron chi connectivity index (χ3n) is 6.75. The lowest BCUT2D eigenvalue weighted by Crippen LogP contribution is -2.46. The van der Waals surface area contributed by atoms with Gasteiger partial charge in [0.1, 0.15) is 11.8 Å². The number of thioether (sulfide) groups is 1. The number of nitrogens with zero attached hydrogens (tertiary/aromatic N) is 6. The zero-order valence-electron chi connectivity index (χ0n) is 16.6. The van der Waals surface area contributed by atoms with Gasteiger partial charge < -0.3 is 14.4 Å². The van der Waals surface area contributed by atoms with Crippen molar-refractivity contribution in [1.82, 2.24) is 24.4 Å². The first-order chi connectivity index (χ1) is 14.4. The molecule has 0 bridgehead atoms. The summed E-state index contributed by atoms with van der Waals surface area (Å²) in [4.78, 5) is 19.7. The van der Waals surface area contributed by atoms with Crippen LogP contribution in [0.2, 0.25) is 0 Å². The summed E-state index contributed by atoms with van der Waals surface area (Å²) in [5, 5.41) is 0. The molecule has 29 heavy (non-hydrogen) atoms. The molecule has 3 aromatic rings. The van der Waals surface area contributed by atoms with Gasteiger partial charge in [0.15, 0.2) is 5.65 Å². The summed E-state index contributed by atoms with van der Waals surface area (Å²) in [7, 11) is 0. The van der Waals surface area contributed by atoms with E-state index in [4.69, 9.17) is 0 Å². The number of aromatic nitrogens is 4. The summed E-state index contributed by atoms with van der Waals surface area (Å²) in [6.07, 6.45) is 9.04. The van der Waals surface area contributed by atoms with E-state index in [0.717, 1.165) is 30.7 Å². The molecular weight excluding hydrogens is 380 g/mol. The van der Waals surface area contributed by atoms with E-state index >= 15 is 0 Å². The third kappa shape index (κ3) is 3.02. The van der Waals surface area contributed by atoms with Gasteiger partial charge in [0, 0.05) is 43.0 Å². The molecule has 7 heteroatoms. The molecule has 0 amide bonds. The first kappa shape index (κ1) is 17.7. The number of likely N-dealkylation sites (tertiary alicyclic amines) is 1. The van der Waals surface area contributed by atoms with Crippen LogP contribution in [0.4, 0.5) is 5.69 Å². The molecule has 2 aromatic heterocycles. The highest BCUT2D eigenvalue weighted by molar-refractivity contribution is 7.99. The van der Waals surface area contributed by atoms with Gasteiger partial charge in [0.05, 0.1) is 18.2 Å². The van der Waals surface area contributed by atoms with Gasteiger partial charge in [0.2, 0.25) is 0 Å². The second-order valence-corrected chi connectivity index (χ2v) is 9.51. The Morgan fingerprint density at radius 1 is 1.14 bits per heavy atom. The number of rotatable bonds is 4. The molecule has 0 radical (unpaired) electrons. The Balaban J connectivity index is 1.15. The Bertz CT molecular complexity index is 1030. The van der Waals surface area contributed by atoms with Crippen molar-refractivity contribution >= 4 is 28.6 Å². The minimum atomic E-state index is 0.667. The van der Waals surface area contributed by atoms with Crippen molar-refractivity contribution in [3.05, 3.63) is 42.6 Å². The lowest BCUT2D eigenvalue weighted by molar-refractivity contribution is 0.189. The van der Waals surface area contributed by atoms with Crippen LogP contribution in [0.15, 0.2) is 41.9 Å². The molecule has 5 heterocycles. The highest BCUT2D eigenvalue weighted by atomic mass is 32.2. The topological polar surface area (TPSA) is 50.1 Å². The number of anilines is 1. The molecule has 0 unspecified atom stereocenters. The minimum absolute atomic E-state index is 0.667. The molecule has 2 atom stereocenters. The fourth-order valence-corrected chi connectivity index (χ4v) is 6.50. The van der Waals surface area contributed by atoms with Crippen LogP contribution in [0.1, 0.15) is 30.7 Å². The highest BCUT2D eigenvalue weighted by Crippen LogP contribution is 2.50. The number of aryl methyl sites for hydroxylation is 1. The molecule has 3 aliphatic heterocycles. The van der Waals surface area contributed by atoms with E-state index in [1.54, 1.807) is 17.6 Å². The molecule has 1 fully saturated rings. The molecule has 0 aliphatic carbocycles. The maximum absolute atomic E-state index is 4.38. The second kappa shape index (κ2) is 7.29. The Hall–Kier alpha value is -2.12. The fraction of sp³-hybridized carbons (Fsp3) is 0.500. The average Bonchev–Trinajstić information content (AvgIpc) is 3.22. The van der Waals surface area contributed by atoms with Crippen LogP contribution in [0.3, 0.4) is 0 Å². The fourth-order valence-electron chi connectivity index (χ4n) is 5.46. The number of hydrogen-bond donors (Lipinski definition) is 0. The predicted octanol–water partition coefficient (Wildman–Crippen LogP) is 3.39. The molecule has 6 nitrogen and oxygen atoms in total. The predicted molar refractivity (Wildman–Crippen MR) is 117 cm³/mol. The SMILES string of the molecule is c1cc2c3c(c1)[C@H]1CN(CCCn4cnc5ncncc54)CC[C@H]1N3CCCS2. The number of fused-ring (bicyclic) bond motifs is 4. The lowest BCUT2D eigenvalue weighted by Gasteiger charge is -2.39. The van der Waals surface area contributed by atoms with Gasteiger partial charge >= 0.3 is 0 Å². The maximum atomic E-state index is 4.38. The van der Waals surface area contributed by atoms with Crippen molar-refractivity contribution in [3.8, 4) is 0 Å². The summed E-state index contributed by atoms with van der Waals surface area (Å²) < 4.78 is 2.18. The normalized spacial score (nSPS) is 23.8. The molecular formula is C22H26N6S. The van der Waals surface area contributed by atoms with Crippen LogP contribution >= 0.6 is 11.8 Å². The highest BCUT2D eigenvalue weighted by Gasteiger charge is 2.43. The third-order valence-corrected chi connectivity index (χ3v) is 7.89. The Labute approximate surface area is 175 Å². The monoisotopic (exact) mass is 406 g/mol. The van der Waals surface area contributed by atoms with Crippen LogP contribution < -0.4 is 4.90 Å². The van der Waals surface area contributed by atoms with Crippen LogP contribution in [0.25, 0.3) is 11.2 Å². The number of piperidine rings is 1. The quantitative estimate of drug-likeness (QED) is 0.662. The molecule has 0 N–H and O–H groups in total. The smallest absolute Gasteiger partial charge is 0.180 e. The van der Waals surface area contributed by atoms with E-state index in [1.165, 1.54) is 43.1 Å². The van der Waals surface area contributed by atoms with Crippen molar-refractivity contribution in [2.45, 2.75) is 42.7 Å². The minimum Gasteiger partial charge on any atom is -0.367 e. The van der Waals surface area contributed by atoms with Crippen molar-refractivity contribution in [1.29, 1.82) is 0 Å². The Kier molecular flexibility index (Phi) is 4.45. The van der Waals surface area contributed by atoms with E-state index in [1.807, 2.05) is 12.5 Å². The molecule has 150 valence electrons. The van der Waals surface area contributed by atoms with Gasteiger partial charge in [0.25, 0.3) is 0 Å². The van der Waals surface area contributed by atoms with Gasteiger partial charge in [-0.15, -0.1) is 11.8 Å². The summed E-state index contributed by atoms with van der Waals surface area (Å²) in [5.74, 6) is 1.92. The maximum Gasteiger partial charge on any atom is 0.180 e. The van der Waals surface area contributed by atoms with E-state index in [2.05, 4.69) is 59.3 Å². The van der Waals surface area contributed by atoms with E-state index in [9.17, 15) is 0 Å². The van der Waals surface area contributed by atoms with Crippen LogP contribution in [0, 0.1) is 0 Å². The van der Waals surface area contributed by atoms with Gasteiger partial charge in [-0.2, -0.15) is 0 Å². The molecule has 0 spiro atoms. The summed E-state index contributed by atoms with van der Waals surface area (Å²) in [5.41, 5.74) is 4.99. The van der Waals surface area contributed by atoms with Crippen molar-refractivity contribution in [2.75, 3.05) is 36.8 Å². The van der Waals surface area contributed by atoms with Crippen molar-refractivity contribution in [2.24, 2.45) is 0 Å². The van der Waals surface area contributed by atoms with Crippen LogP contribution in [-0.4, -0.2) is 62.4 Å². The van der Waals surface area contributed by atoms with Crippen LogP contribution in [-0.2, 0) is 6.54 Å². The summed E-state index contributed by atoms with van der Waals surface area (Å²) in [6, 6.07) is 7.70. The van der Waals surface area contributed by atoms with Gasteiger partial charge in [-0.25, -0.2) is 15.0 Å². The van der Waals surface area contributed by atoms with Gasteiger partial charge in [-0.1, -0.05) is 12.1 Å². The average molecular weight is 407 g/mol. The zero-order chi connectivity index (χ0) is 19.2. The number of para-hydroxylation sites is 1. The standard InChI is InChI=1S/C22H26N6S/c1-4-16-17-13-26(7-2-8-27-15-25-22-19(27)12-23-14-24-22)10-6-18(17)28-9-3-11-29-20(5-1)21(16)28/h1,4-5,12,14-15,17-18H,2-3,6-11,13H2/t17-,18-/m1/s1. The molecule has 0 saturated carbocycles. The summed E-state index contributed by atoms with van der Waals surface area (Å²) >= 11 is 2.05. The molecule has 3 aliphatic rings. The first-order valence-electron chi connectivity index (χ1n) is 10.7. The van der Waals surface area contributed by atoms with Gasteiger partial charge in [-0.05, 0) is 43.2 Å². The second-order valence-electron chi connectivity index (χ2n) is 8.38. The summed E-state index contributed by atoms with van der Waals surface area (Å²) in [6.45, 7) is 5.74. The molecule has 1 aromatic carbocycles. The Morgan fingerprint density at radius 3 is 3.14 bits per heavy atom. The lowest BCUT2D eigenvalue weighted by atomic mass is 9.89. The number of imidazole rings is 1. The van der Waals surface area contributed by atoms with E-state index in [-0.39, 0.29) is 0 Å². The van der Waals surface area contributed by atoms with Crippen molar-refractivity contribution in [3.63, 3.8) is 0 Å². The number of benzene rings is 1. The van der Waals surface area contributed by atoms with E-state index < -0.39 is 0 Å². The largest absolute Gasteiger partial charge is 0.367 e. The molecule has 6 rings (SSSR count).